The lowest BCUT2D eigenvalue weighted by molar-refractivity contribution is 0.436. The van der Waals surface area contributed by atoms with Gasteiger partial charge in [0.15, 0.2) is 0 Å². The number of aromatic nitrogens is 2. The highest BCUT2D eigenvalue weighted by Crippen LogP contribution is 2.41. The molecule has 2 aromatic rings. The summed E-state index contributed by atoms with van der Waals surface area (Å²) in [5, 5.41) is 0. The largest absolute Gasteiger partial charge is 0.365 e. The molecule has 0 aliphatic carbocycles. The predicted molar refractivity (Wildman–Crippen MR) is 291 cm³/mol. The van der Waals surface area contributed by atoms with Gasteiger partial charge in [-0.3, -0.25) is 9.98 Å². The number of pyridine rings is 1. The summed E-state index contributed by atoms with van der Waals surface area (Å²) in [6.07, 6.45) is 43.4. The smallest absolute Gasteiger partial charge is 0.112 e. The molecule has 0 amide bonds. The summed E-state index contributed by atoms with van der Waals surface area (Å²) in [6, 6.07) is 3.96. The third kappa shape index (κ3) is 16.7. The first-order chi connectivity index (χ1) is 30.5. The third-order valence-electron chi connectivity index (χ3n) is 11.2. The molecule has 2 heterocycles. The van der Waals surface area contributed by atoms with Crippen molar-refractivity contribution in [2.75, 3.05) is 13.1 Å². The Kier molecular flexibility index (Phi) is 27.4. The van der Waals surface area contributed by atoms with E-state index in [9.17, 15) is 0 Å². The Morgan fingerprint density at radius 1 is 0.906 bits per heavy atom. The predicted octanol–water partition coefficient (Wildman–Crippen LogP) is 16.8. The zero-order valence-corrected chi connectivity index (χ0v) is 42.7. The van der Waals surface area contributed by atoms with E-state index in [1.807, 2.05) is 64.3 Å². The molecule has 0 unspecified atom stereocenters. The molecule has 64 heavy (non-hydrogen) atoms. The van der Waals surface area contributed by atoms with Gasteiger partial charge in [-0.1, -0.05) is 180 Å². The molecule has 0 N–H and O–H groups in total. The maximum Gasteiger partial charge on any atom is 0.112 e. The van der Waals surface area contributed by atoms with Gasteiger partial charge in [-0.15, -0.1) is 13.0 Å². The first-order valence-electron chi connectivity index (χ1n) is 23.0. The van der Waals surface area contributed by atoms with E-state index < -0.39 is 0 Å². The van der Waals surface area contributed by atoms with Crippen molar-refractivity contribution in [2.45, 2.75) is 116 Å². The molecule has 4 nitrogen and oxygen atoms in total. The zero-order valence-electron chi connectivity index (χ0n) is 42.7. The number of hydrogen-bond acceptors (Lipinski definition) is 3. The number of rotatable bonds is 23. The van der Waals surface area contributed by atoms with E-state index in [2.05, 4.69) is 202 Å². The standard InChI is InChI=1S/C56H72N4.2C2H6/c1-18-24-26-31-52-47(13)54-53(32-30-38-58-54)60(52)46(12)41-43(9)50(22-5)55(14,15)44(10)33-35-48(20-3)56(16,17)49(21-4)36-34-45(11)59(39-28-25-19-2)40-29-27-37-57-51(23-6)42(7)8;2*1-2/h6,18-22,25-38,41-42,51H,1-3,11-12,24,39-40H2,4-5,7-10,13-17H3;2*1-2H3/b28-25-,29-27-,31-26-,36-34-,43-41-,44-33+,48-35+,49-21+,50-22+,57-37?;;/t51-;;/m1../s1. The Hall–Kier alpha value is -5.92. The van der Waals surface area contributed by atoms with E-state index in [0.717, 1.165) is 56.8 Å². The molecule has 0 aliphatic rings. The number of allylic oxidation sites excluding steroid dienone is 19. The van der Waals surface area contributed by atoms with Crippen LogP contribution in [-0.4, -0.2) is 39.8 Å². The monoisotopic (exact) mass is 861 g/mol. The number of terminal acetylenes is 1. The number of aliphatic imine (C=N–C) groups is 1. The Morgan fingerprint density at radius 2 is 1.55 bits per heavy atom. The molecule has 344 valence electrons. The summed E-state index contributed by atoms with van der Waals surface area (Å²) in [6.45, 7) is 54.2. The lowest BCUT2D eigenvalue weighted by atomic mass is 9.73. The van der Waals surface area contributed by atoms with Crippen LogP contribution in [0.3, 0.4) is 0 Å². The molecule has 0 saturated carbocycles. The summed E-state index contributed by atoms with van der Waals surface area (Å²) < 4.78 is 2.21. The summed E-state index contributed by atoms with van der Waals surface area (Å²) >= 11 is 0. The van der Waals surface area contributed by atoms with E-state index in [0.29, 0.717) is 13.1 Å². The van der Waals surface area contributed by atoms with Crippen molar-refractivity contribution in [1.82, 2.24) is 14.5 Å². The minimum Gasteiger partial charge on any atom is -0.365 e. The normalized spacial score (nSPS) is 14.0. The van der Waals surface area contributed by atoms with Gasteiger partial charge in [-0.25, -0.2) is 0 Å². The van der Waals surface area contributed by atoms with Crippen molar-refractivity contribution in [2.24, 2.45) is 21.7 Å². The molecule has 2 rings (SSSR count). The SMILES string of the molecule is C#C[C@@H](N=C/C=C\CN(C/C=C\C=C)C(=C)/C=C\C(=C/C)C(C)(C)/C(C=C)=C/C=C(\C)C(C)(C)C(=C/C)/C(C)=C\C(=C)n1c(/C=C\CC=C)c(C)c2ncccc21)C(C)C.CC.CC. The van der Waals surface area contributed by atoms with E-state index in [1.165, 1.54) is 11.1 Å². The minimum absolute atomic E-state index is 0.130. The van der Waals surface area contributed by atoms with Crippen LogP contribution in [-0.2, 0) is 0 Å². The second-order valence-corrected chi connectivity index (χ2v) is 16.3. The zero-order chi connectivity index (χ0) is 49.0. The van der Waals surface area contributed by atoms with Crippen molar-refractivity contribution in [3.8, 4) is 12.3 Å². The first kappa shape index (κ1) is 58.1. The molecule has 0 aliphatic heterocycles. The van der Waals surface area contributed by atoms with Gasteiger partial charge < -0.3 is 9.47 Å². The Balaban J connectivity index is 0.00000963. The van der Waals surface area contributed by atoms with Crippen LogP contribution in [0.15, 0.2) is 181 Å². The molecule has 0 spiro atoms. The number of aryl methyl sites for hydroxylation is 1. The Bertz CT molecular complexity index is 2210. The lowest BCUT2D eigenvalue weighted by Gasteiger charge is -2.31. The Morgan fingerprint density at radius 3 is 2.09 bits per heavy atom. The average Bonchev–Trinajstić information content (AvgIpc) is 3.56. The molecule has 0 saturated heterocycles. The summed E-state index contributed by atoms with van der Waals surface area (Å²) in [5.41, 5.74) is 11.3. The second-order valence-electron chi connectivity index (χ2n) is 16.3. The van der Waals surface area contributed by atoms with E-state index in [1.54, 1.807) is 12.3 Å². The van der Waals surface area contributed by atoms with Gasteiger partial charge >= 0.3 is 0 Å². The summed E-state index contributed by atoms with van der Waals surface area (Å²) in [7, 11) is 0. The van der Waals surface area contributed by atoms with Crippen molar-refractivity contribution in [3.63, 3.8) is 0 Å². The van der Waals surface area contributed by atoms with E-state index in [-0.39, 0.29) is 22.8 Å². The average molecular weight is 861 g/mol. The number of fused-ring (bicyclic) bond motifs is 1. The van der Waals surface area contributed by atoms with Gasteiger partial charge in [0.1, 0.15) is 6.04 Å². The lowest BCUT2D eigenvalue weighted by Crippen LogP contribution is -2.22. The molecular weight excluding hydrogens is 777 g/mol. The fourth-order valence-corrected chi connectivity index (χ4v) is 7.23. The highest BCUT2D eigenvalue weighted by atomic mass is 15.1. The molecule has 0 aromatic carbocycles. The van der Waals surface area contributed by atoms with Gasteiger partial charge in [0.05, 0.1) is 16.7 Å². The van der Waals surface area contributed by atoms with Crippen LogP contribution >= 0.6 is 0 Å². The quantitative estimate of drug-likeness (QED) is 0.0483. The Labute approximate surface area is 392 Å². The molecule has 1 atom stereocenters. The second kappa shape index (κ2) is 30.2. The van der Waals surface area contributed by atoms with Crippen molar-refractivity contribution in [3.05, 3.63) is 187 Å². The van der Waals surface area contributed by atoms with Crippen LogP contribution in [0.4, 0.5) is 0 Å². The van der Waals surface area contributed by atoms with E-state index >= 15 is 0 Å². The molecule has 4 heteroatoms. The van der Waals surface area contributed by atoms with Crippen LogP contribution in [0.2, 0.25) is 0 Å². The minimum atomic E-state index is -0.330. The topological polar surface area (TPSA) is 33.4 Å². The molecule has 0 bridgehead atoms. The fourth-order valence-electron chi connectivity index (χ4n) is 7.23. The van der Waals surface area contributed by atoms with Crippen LogP contribution < -0.4 is 0 Å². The highest BCUT2D eigenvalue weighted by molar-refractivity contribution is 5.89. The van der Waals surface area contributed by atoms with Crippen molar-refractivity contribution in [1.29, 1.82) is 0 Å². The fraction of sp³-hybridized carbons (Fsp3) is 0.367. The highest BCUT2D eigenvalue weighted by Gasteiger charge is 2.28. The van der Waals surface area contributed by atoms with Crippen LogP contribution in [0.25, 0.3) is 22.8 Å². The van der Waals surface area contributed by atoms with Crippen molar-refractivity contribution >= 4 is 29.0 Å². The number of nitrogens with zero attached hydrogens (tertiary/aromatic N) is 4. The van der Waals surface area contributed by atoms with Crippen LogP contribution in [0, 0.1) is 36.0 Å². The van der Waals surface area contributed by atoms with Crippen LogP contribution in [0.1, 0.15) is 115 Å². The van der Waals surface area contributed by atoms with Crippen molar-refractivity contribution < 1.29 is 0 Å². The summed E-state index contributed by atoms with van der Waals surface area (Å²) in [5.74, 6) is 3.04. The first-order valence-corrected chi connectivity index (χ1v) is 23.0. The third-order valence-corrected chi connectivity index (χ3v) is 11.2. The van der Waals surface area contributed by atoms with E-state index in [4.69, 9.17) is 11.4 Å². The maximum atomic E-state index is 5.64. The van der Waals surface area contributed by atoms with Gasteiger partial charge in [0.2, 0.25) is 0 Å². The van der Waals surface area contributed by atoms with Gasteiger partial charge in [-0.05, 0) is 106 Å². The molecule has 0 fully saturated rings. The molecule has 2 aromatic heterocycles. The van der Waals surface area contributed by atoms with Gasteiger partial charge in [0, 0.05) is 53.3 Å². The maximum absolute atomic E-state index is 5.64. The van der Waals surface area contributed by atoms with Crippen LogP contribution in [0.5, 0.6) is 0 Å². The molecular formula is C60H84N4. The van der Waals surface area contributed by atoms with Gasteiger partial charge in [0.25, 0.3) is 0 Å². The molecule has 0 radical (unpaired) electrons. The number of hydrogen-bond donors (Lipinski definition) is 0. The summed E-state index contributed by atoms with van der Waals surface area (Å²) in [4.78, 5) is 11.4. The van der Waals surface area contributed by atoms with Gasteiger partial charge in [-0.2, -0.15) is 0 Å².